The third kappa shape index (κ3) is 3.58. The molecule has 2 rings (SSSR count). The molecule has 0 aliphatic heterocycles. The van der Waals surface area contributed by atoms with Crippen LogP contribution in [-0.2, 0) is 6.54 Å². The first-order valence-corrected chi connectivity index (χ1v) is 7.90. The number of thiazole rings is 1. The van der Waals surface area contributed by atoms with E-state index in [1.54, 1.807) is 11.3 Å². The van der Waals surface area contributed by atoms with E-state index in [1.165, 1.54) is 21.7 Å². The molecule has 0 aliphatic carbocycles. The van der Waals surface area contributed by atoms with E-state index < -0.39 is 0 Å². The van der Waals surface area contributed by atoms with Crippen LogP contribution in [-0.4, -0.2) is 18.6 Å². The fourth-order valence-corrected chi connectivity index (χ4v) is 3.06. The number of aryl methyl sites for hydroxylation is 2. The zero-order chi connectivity index (χ0) is 14.5. The van der Waals surface area contributed by atoms with Crippen molar-refractivity contribution < 1.29 is 0 Å². The molecule has 0 saturated carbocycles. The number of nitrogens with one attached hydrogen (secondary N) is 1. The van der Waals surface area contributed by atoms with Crippen molar-refractivity contribution in [1.29, 1.82) is 0 Å². The summed E-state index contributed by atoms with van der Waals surface area (Å²) in [6, 6.07) is 6.53. The van der Waals surface area contributed by atoms with Crippen LogP contribution in [0.5, 0.6) is 0 Å². The average Bonchev–Trinajstić information content (AvgIpc) is 2.87. The maximum atomic E-state index is 4.54. The molecule has 1 aromatic heterocycles. The van der Waals surface area contributed by atoms with E-state index in [1.807, 2.05) is 6.20 Å². The topological polar surface area (TPSA) is 28.2 Å². The Bertz CT molecular complexity index is 563. The van der Waals surface area contributed by atoms with Crippen molar-refractivity contribution in [2.75, 3.05) is 18.5 Å². The lowest BCUT2D eigenvalue weighted by Gasteiger charge is -2.18. The lowest BCUT2D eigenvalue weighted by Crippen LogP contribution is -2.12. The standard InChI is InChI=1S/C16H23N3S/c1-5-8-17-10-14-11-18-16(20-14)19(4)15-7-6-12(2)9-13(15)3/h6-7,9,11,17H,5,8,10H2,1-4H3. The van der Waals surface area contributed by atoms with Crippen LogP contribution in [0.1, 0.15) is 29.3 Å². The van der Waals surface area contributed by atoms with Crippen molar-refractivity contribution in [3.05, 3.63) is 40.4 Å². The summed E-state index contributed by atoms with van der Waals surface area (Å²) in [4.78, 5) is 7.99. The smallest absolute Gasteiger partial charge is 0.189 e. The fourth-order valence-electron chi connectivity index (χ4n) is 2.21. The molecule has 0 spiro atoms. The van der Waals surface area contributed by atoms with Crippen LogP contribution in [0.25, 0.3) is 0 Å². The third-order valence-corrected chi connectivity index (χ3v) is 4.34. The molecular formula is C16H23N3S. The van der Waals surface area contributed by atoms with Gasteiger partial charge in [0.2, 0.25) is 0 Å². The number of anilines is 2. The van der Waals surface area contributed by atoms with Gasteiger partial charge in [-0.1, -0.05) is 24.6 Å². The van der Waals surface area contributed by atoms with Crippen molar-refractivity contribution in [2.45, 2.75) is 33.7 Å². The van der Waals surface area contributed by atoms with E-state index in [0.717, 1.165) is 24.6 Å². The summed E-state index contributed by atoms with van der Waals surface area (Å²) in [7, 11) is 2.08. The summed E-state index contributed by atoms with van der Waals surface area (Å²) in [5.41, 5.74) is 3.80. The zero-order valence-corrected chi connectivity index (χ0v) is 13.5. The van der Waals surface area contributed by atoms with Crippen molar-refractivity contribution in [3.63, 3.8) is 0 Å². The molecule has 0 fully saturated rings. The van der Waals surface area contributed by atoms with Gasteiger partial charge in [0.25, 0.3) is 0 Å². The Kier molecular flexibility index (Phi) is 5.15. The van der Waals surface area contributed by atoms with Crippen LogP contribution in [0.4, 0.5) is 10.8 Å². The minimum atomic E-state index is 0.909. The van der Waals surface area contributed by atoms with Crippen molar-refractivity contribution in [1.82, 2.24) is 10.3 Å². The minimum absolute atomic E-state index is 0.909. The molecule has 4 heteroatoms. The Labute approximate surface area is 125 Å². The van der Waals surface area contributed by atoms with E-state index in [4.69, 9.17) is 0 Å². The molecule has 20 heavy (non-hydrogen) atoms. The molecule has 108 valence electrons. The SMILES string of the molecule is CCCNCc1cnc(N(C)c2ccc(C)cc2C)s1. The first-order chi connectivity index (χ1) is 9.61. The van der Waals surface area contributed by atoms with E-state index >= 15 is 0 Å². The quantitative estimate of drug-likeness (QED) is 0.814. The predicted molar refractivity (Wildman–Crippen MR) is 88.1 cm³/mol. The molecule has 3 nitrogen and oxygen atoms in total. The predicted octanol–water partition coefficient (Wildman–Crippen LogP) is 4.03. The highest BCUT2D eigenvalue weighted by molar-refractivity contribution is 7.15. The molecule has 1 N–H and O–H groups in total. The van der Waals surface area contributed by atoms with Crippen LogP contribution < -0.4 is 10.2 Å². The average molecular weight is 289 g/mol. The van der Waals surface area contributed by atoms with Gasteiger partial charge < -0.3 is 10.2 Å². The highest BCUT2D eigenvalue weighted by Crippen LogP contribution is 2.30. The van der Waals surface area contributed by atoms with Gasteiger partial charge in [0.05, 0.1) is 0 Å². The normalized spacial score (nSPS) is 10.8. The number of hydrogen-bond donors (Lipinski definition) is 1. The second kappa shape index (κ2) is 6.86. The molecule has 0 amide bonds. The molecule has 1 aromatic carbocycles. The summed E-state index contributed by atoms with van der Waals surface area (Å²) < 4.78 is 0. The summed E-state index contributed by atoms with van der Waals surface area (Å²) in [5, 5.41) is 4.46. The van der Waals surface area contributed by atoms with Gasteiger partial charge >= 0.3 is 0 Å². The highest BCUT2D eigenvalue weighted by atomic mass is 32.1. The third-order valence-electron chi connectivity index (χ3n) is 3.27. The largest absolute Gasteiger partial charge is 0.321 e. The summed E-state index contributed by atoms with van der Waals surface area (Å²) >= 11 is 1.75. The number of rotatable bonds is 6. The lowest BCUT2D eigenvalue weighted by atomic mass is 10.1. The monoisotopic (exact) mass is 289 g/mol. The second-order valence-corrected chi connectivity index (χ2v) is 6.23. The Hall–Kier alpha value is -1.39. The van der Waals surface area contributed by atoms with E-state index in [2.05, 4.69) is 61.2 Å². The van der Waals surface area contributed by atoms with Gasteiger partial charge in [-0.05, 0) is 38.4 Å². The molecule has 0 radical (unpaired) electrons. The summed E-state index contributed by atoms with van der Waals surface area (Å²) in [6.45, 7) is 8.42. The van der Waals surface area contributed by atoms with E-state index in [0.29, 0.717) is 0 Å². The molecule has 0 atom stereocenters. The van der Waals surface area contributed by atoms with Crippen LogP contribution in [0, 0.1) is 13.8 Å². The van der Waals surface area contributed by atoms with Crippen LogP contribution >= 0.6 is 11.3 Å². The van der Waals surface area contributed by atoms with Crippen molar-refractivity contribution in [3.8, 4) is 0 Å². The van der Waals surface area contributed by atoms with Gasteiger partial charge in [-0.2, -0.15) is 0 Å². The summed E-state index contributed by atoms with van der Waals surface area (Å²) in [5.74, 6) is 0. The van der Waals surface area contributed by atoms with Gasteiger partial charge in [-0.15, -0.1) is 11.3 Å². The molecule has 2 aromatic rings. The molecule has 0 bridgehead atoms. The fraction of sp³-hybridized carbons (Fsp3) is 0.438. The van der Waals surface area contributed by atoms with Gasteiger partial charge in [0.15, 0.2) is 5.13 Å². The molecule has 0 unspecified atom stereocenters. The van der Waals surface area contributed by atoms with Gasteiger partial charge in [0.1, 0.15) is 0 Å². The number of hydrogen-bond acceptors (Lipinski definition) is 4. The van der Waals surface area contributed by atoms with Crippen LogP contribution in [0.3, 0.4) is 0 Å². The van der Waals surface area contributed by atoms with Gasteiger partial charge in [-0.25, -0.2) is 4.98 Å². The van der Waals surface area contributed by atoms with Gasteiger partial charge in [-0.3, -0.25) is 0 Å². The molecular weight excluding hydrogens is 266 g/mol. The van der Waals surface area contributed by atoms with Crippen molar-refractivity contribution in [2.24, 2.45) is 0 Å². The first-order valence-electron chi connectivity index (χ1n) is 7.08. The number of benzene rings is 1. The molecule has 0 aliphatic rings. The van der Waals surface area contributed by atoms with Crippen LogP contribution in [0.2, 0.25) is 0 Å². The molecule has 0 saturated heterocycles. The first kappa shape index (κ1) is 15.0. The lowest BCUT2D eigenvalue weighted by molar-refractivity contribution is 0.681. The number of aromatic nitrogens is 1. The Morgan fingerprint density at radius 1 is 1.30 bits per heavy atom. The Balaban J connectivity index is 2.10. The zero-order valence-electron chi connectivity index (χ0n) is 12.7. The maximum absolute atomic E-state index is 4.54. The van der Waals surface area contributed by atoms with E-state index in [9.17, 15) is 0 Å². The van der Waals surface area contributed by atoms with Crippen LogP contribution in [0.15, 0.2) is 24.4 Å². The summed E-state index contributed by atoms with van der Waals surface area (Å²) in [6.07, 6.45) is 3.14. The maximum Gasteiger partial charge on any atom is 0.189 e. The highest BCUT2D eigenvalue weighted by Gasteiger charge is 2.11. The Morgan fingerprint density at radius 3 is 2.80 bits per heavy atom. The van der Waals surface area contributed by atoms with E-state index in [-0.39, 0.29) is 0 Å². The molecule has 1 heterocycles. The number of nitrogens with zero attached hydrogens (tertiary/aromatic N) is 2. The van der Waals surface area contributed by atoms with Crippen molar-refractivity contribution >= 4 is 22.2 Å². The minimum Gasteiger partial charge on any atom is -0.321 e. The van der Waals surface area contributed by atoms with Gasteiger partial charge in [0, 0.05) is 30.4 Å². The Morgan fingerprint density at radius 2 is 2.10 bits per heavy atom. The second-order valence-electron chi connectivity index (χ2n) is 5.13.